The molecule has 0 bridgehead atoms. The van der Waals surface area contributed by atoms with Gasteiger partial charge in [0.05, 0.1) is 15.8 Å². The number of anilines is 1. The number of fused-ring (bicyclic) bond motifs is 2. The van der Waals surface area contributed by atoms with E-state index in [-0.39, 0.29) is 28.4 Å². The highest BCUT2D eigenvalue weighted by Gasteiger charge is 2.35. The van der Waals surface area contributed by atoms with E-state index in [1.165, 1.54) is 12.1 Å². The molecule has 0 unspecified atom stereocenters. The quantitative estimate of drug-likeness (QED) is 0.615. The van der Waals surface area contributed by atoms with Crippen molar-refractivity contribution in [2.75, 3.05) is 5.32 Å². The van der Waals surface area contributed by atoms with Gasteiger partial charge in [0.25, 0.3) is 11.5 Å². The van der Waals surface area contributed by atoms with Crippen molar-refractivity contribution < 1.29 is 13.2 Å². The molecule has 5 rings (SSSR count). The Morgan fingerprint density at radius 3 is 2.44 bits per heavy atom. The van der Waals surface area contributed by atoms with Crippen LogP contribution in [0.5, 0.6) is 0 Å². The molecule has 2 aliphatic heterocycles. The van der Waals surface area contributed by atoms with Crippen molar-refractivity contribution in [1.82, 2.24) is 13.9 Å². The minimum atomic E-state index is -3.61. The second-order valence-corrected chi connectivity index (χ2v) is 11.1. The largest absolute Gasteiger partial charge is 0.322 e. The molecule has 1 N–H and O–H groups in total. The Labute approximate surface area is 198 Å². The summed E-state index contributed by atoms with van der Waals surface area (Å²) >= 11 is 0. The van der Waals surface area contributed by atoms with Gasteiger partial charge in [-0.05, 0) is 75.6 Å². The van der Waals surface area contributed by atoms with E-state index in [9.17, 15) is 18.0 Å². The predicted octanol–water partition coefficient (Wildman–Crippen LogP) is 3.55. The maximum atomic E-state index is 13.2. The SMILES string of the molecule is C[C@H]1CCC[C@H](C)N1S(=O)(=O)c1ccc(NC(=O)c2ccc3c(=O)n4c(nc3c2)CCC4)cc1. The first-order chi connectivity index (χ1) is 16.3. The van der Waals surface area contributed by atoms with Gasteiger partial charge in [-0.3, -0.25) is 14.2 Å². The van der Waals surface area contributed by atoms with E-state index in [1.807, 2.05) is 13.8 Å². The Bertz CT molecular complexity index is 1420. The van der Waals surface area contributed by atoms with Crippen LogP contribution in [0.15, 0.2) is 52.2 Å². The Kier molecular flexibility index (Phi) is 5.77. The van der Waals surface area contributed by atoms with Crippen LogP contribution in [-0.2, 0) is 23.0 Å². The normalized spacial score (nSPS) is 20.9. The number of nitrogens with zero attached hydrogens (tertiary/aromatic N) is 3. The van der Waals surface area contributed by atoms with Crippen molar-refractivity contribution in [3.05, 3.63) is 64.2 Å². The van der Waals surface area contributed by atoms with E-state index in [1.54, 1.807) is 39.2 Å². The molecule has 3 aromatic rings. The molecule has 34 heavy (non-hydrogen) atoms. The third-order valence-corrected chi connectivity index (χ3v) is 9.02. The van der Waals surface area contributed by atoms with Crippen LogP contribution in [0, 0.1) is 0 Å². The number of aryl methyl sites for hydroxylation is 1. The van der Waals surface area contributed by atoms with Gasteiger partial charge in [-0.2, -0.15) is 4.31 Å². The summed E-state index contributed by atoms with van der Waals surface area (Å²) in [5.74, 6) is 0.405. The first-order valence-electron chi connectivity index (χ1n) is 11.7. The van der Waals surface area contributed by atoms with E-state index >= 15 is 0 Å². The molecule has 2 atom stereocenters. The molecule has 1 aromatic heterocycles. The molecule has 2 aromatic carbocycles. The number of nitrogens with one attached hydrogen (secondary N) is 1. The van der Waals surface area contributed by atoms with Crippen LogP contribution >= 0.6 is 0 Å². The molecule has 0 radical (unpaired) electrons. The molecule has 178 valence electrons. The van der Waals surface area contributed by atoms with Crippen molar-refractivity contribution in [3.8, 4) is 0 Å². The number of hydrogen-bond acceptors (Lipinski definition) is 5. The summed E-state index contributed by atoms with van der Waals surface area (Å²) < 4.78 is 29.7. The first kappa shape index (κ1) is 22.7. The van der Waals surface area contributed by atoms with Crippen LogP contribution in [0.1, 0.15) is 55.7 Å². The summed E-state index contributed by atoms with van der Waals surface area (Å²) in [6.07, 6.45) is 4.39. The highest BCUT2D eigenvalue weighted by Crippen LogP contribution is 2.30. The maximum absolute atomic E-state index is 13.2. The van der Waals surface area contributed by atoms with Crippen LogP contribution in [0.2, 0.25) is 0 Å². The minimum absolute atomic E-state index is 0.0380. The fraction of sp³-hybridized carbons (Fsp3) is 0.400. The molecule has 1 saturated heterocycles. The number of amides is 1. The first-order valence-corrected chi connectivity index (χ1v) is 13.2. The number of sulfonamides is 1. The maximum Gasteiger partial charge on any atom is 0.261 e. The number of rotatable bonds is 4. The molecule has 0 saturated carbocycles. The third kappa shape index (κ3) is 3.92. The molecule has 8 nitrogen and oxygen atoms in total. The molecular weight excluding hydrogens is 452 g/mol. The Hall–Kier alpha value is -3.04. The molecule has 2 aliphatic rings. The van der Waals surface area contributed by atoms with Gasteiger partial charge in [-0.15, -0.1) is 0 Å². The zero-order valence-corrected chi connectivity index (χ0v) is 20.1. The summed E-state index contributed by atoms with van der Waals surface area (Å²) in [5, 5.41) is 3.31. The second-order valence-electron chi connectivity index (χ2n) is 9.26. The van der Waals surface area contributed by atoms with Gasteiger partial charge in [-0.1, -0.05) is 6.42 Å². The number of hydrogen-bond donors (Lipinski definition) is 1. The van der Waals surface area contributed by atoms with Crippen LogP contribution < -0.4 is 10.9 Å². The number of carbonyl (C=O) groups is 1. The topological polar surface area (TPSA) is 101 Å². The van der Waals surface area contributed by atoms with E-state index in [0.29, 0.717) is 28.7 Å². The molecule has 3 heterocycles. The van der Waals surface area contributed by atoms with Gasteiger partial charge in [0.15, 0.2) is 0 Å². The lowest BCUT2D eigenvalue weighted by atomic mass is 10.0. The number of piperidine rings is 1. The number of aromatic nitrogens is 2. The lowest BCUT2D eigenvalue weighted by molar-refractivity contribution is 0.102. The Morgan fingerprint density at radius 1 is 1.03 bits per heavy atom. The van der Waals surface area contributed by atoms with Gasteiger partial charge >= 0.3 is 0 Å². The van der Waals surface area contributed by atoms with Crippen LogP contribution in [0.4, 0.5) is 5.69 Å². The zero-order chi connectivity index (χ0) is 24.0. The molecule has 0 spiro atoms. The van der Waals surface area contributed by atoms with Crippen molar-refractivity contribution in [2.45, 2.75) is 69.5 Å². The summed E-state index contributed by atoms with van der Waals surface area (Å²) in [5.41, 5.74) is 1.32. The minimum Gasteiger partial charge on any atom is -0.322 e. The average molecular weight is 481 g/mol. The fourth-order valence-electron chi connectivity index (χ4n) is 5.13. The lowest BCUT2D eigenvalue weighted by Crippen LogP contribution is -2.47. The van der Waals surface area contributed by atoms with Crippen molar-refractivity contribution in [3.63, 3.8) is 0 Å². The van der Waals surface area contributed by atoms with Crippen LogP contribution in [-0.4, -0.2) is 40.3 Å². The highest BCUT2D eigenvalue weighted by atomic mass is 32.2. The van der Waals surface area contributed by atoms with Gasteiger partial charge in [0.1, 0.15) is 5.82 Å². The number of benzene rings is 2. The molecular formula is C25H28N4O4S. The van der Waals surface area contributed by atoms with E-state index in [4.69, 9.17) is 0 Å². The average Bonchev–Trinajstić information content (AvgIpc) is 3.28. The van der Waals surface area contributed by atoms with Crippen LogP contribution in [0.3, 0.4) is 0 Å². The van der Waals surface area contributed by atoms with Gasteiger partial charge in [-0.25, -0.2) is 13.4 Å². The summed E-state index contributed by atoms with van der Waals surface area (Å²) in [6.45, 7) is 4.58. The Balaban J connectivity index is 1.36. The number of carbonyl (C=O) groups excluding carboxylic acids is 1. The lowest BCUT2D eigenvalue weighted by Gasteiger charge is -2.37. The predicted molar refractivity (Wildman–Crippen MR) is 131 cm³/mol. The zero-order valence-electron chi connectivity index (χ0n) is 19.3. The third-order valence-electron chi connectivity index (χ3n) is 6.88. The molecule has 1 fully saturated rings. The van der Waals surface area contributed by atoms with Crippen molar-refractivity contribution >= 4 is 32.5 Å². The van der Waals surface area contributed by atoms with Gasteiger partial charge in [0, 0.05) is 36.3 Å². The Morgan fingerprint density at radius 2 is 1.74 bits per heavy atom. The highest BCUT2D eigenvalue weighted by molar-refractivity contribution is 7.89. The van der Waals surface area contributed by atoms with E-state index < -0.39 is 10.0 Å². The standard InChI is InChI=1S/C25H28N4O4S/c1-16-5-3-6-17(2)29(16)34(32,33)20-11-9-19(10-12-20)26-24(30)18-8-13-21-22(15-18)27-23-7-4-14-28(23)25(21)31/h8-13,15-17H,3-7,14H2,1-2H3,(H,26,30)/t16-,17-/m0/s1. The van der Waals surface area contributed by atoms with Crippen molar-refractivity contribution in [1.29, 1.82) is 0 Å². The van der Waals surface area contributed by atoms with Gasteiger partial charge in [0.2, 0.25) is 10.0 Å². The fourth-order valence-corrected chi connectivity index (χ4v) is 7.01. The molecule has 0 aliphatic carbocycles. The summed E-state index contributed by atoms with van der Waals surface area (Å²) in [4.78, 5) is 30.3. The molecule has 1 amide bonds. The van der Waals surface area contributed by atoms with E-state index in [2.05, 4.69) is 10.3 Å². The van der Waals surface area contributed by atoms with Gasteiger partial charge < -0.3 is 5.32 Å². The second kappa shape index (κ2) is 8.63. The van der Waals surface area contributed by atoms with Crippen molar-refractivity contribution in [2.24, 2.45) is 0 Å². The smallest absolute Gasteiger partial charge is 0.261 e. The van der Waals surface area contributed by atoms with Crippen LogP contribution in [0.25, 0.3) is 10.9 Å². The summed E-state index contributed by atoms with van der Waals surface area (Å²) in [6, 6.07) is 11.1. The molecule has 9 heteroatoms. The monoisotopic (exact) mass is 480 g/mol. The van der Waals surface area contributed by atoms with E-state index in [0.717, 1.165) is 37.9 Å². The summed E-state index contributed by atoms with van der Waals surface area (Å²) in [7, 11) is -3.61.